The molecule has 2 saturated heterocycles. The third kappa shape index (κ3) is 5.33. The van der Waals surface area contributed by atoms with Crippen LogP contribution in [0.4, 0.5) is 11.6 Å². The average molecular weight is 409 g/mol. The maximum absolute atomic E-state index is 12.8. The van der Waals surface area contributed by atoms with Crippen molar-refractivity contribution in [3.8, 4) is 0 Å². The third-order valence-corrected chi connectivity index (χ3v) is 6.21. The molecule has 2 aliphatic rings. The van der Waals surface area contributed by atoms with Crippen molar-refractivity contribution < 1.29 is 4.79 Å². The van der Waals surface area contributed by atoms with E-state index in [1.165, 1.54) is 0 Å². The van der Waals surface area contributed by atoms with Crippen LogP contribution in [0.15, 0.2) is 30.6 Å². The number of nitrogens with one attached hydrogen (secondary N) is 1. The van der Waals surface area contributed by atoms with E-state index in [0.29, 0.717) is 18.4 Å². The molecule has 2 aromatic rings. The molecule has 2 aliphatic heterocycles. The van der Waals surface area contributed by atoms with Crippen molar-refractivity contribution in [2.45, 2.75) is 45.4 Å². The van der Waals surface area contributed by atoms with Crippen molar-refractivity contribution >= 4 is 17.5 Å². The van der Waals surface area contributed by atoms with Gasteiger partial charge in [-0.1, -0.05) is 6.92 Å². The fourth-order valence-electron chi connectivity index (χ4n) is 4.46. The largest absolute Gasteiger partial charge is 0.342 e. The highest BCUT2D eigenvalue weighted by Gasteiger charge is 2.27. The van der Waals surface area contributed by atoms with Gasteiger partial charge in [0.25, 0.3) is 0 Å². The number of aryl methyl sites for hydroxylation is 1. The van der Waals surface area contributed by atoms with E-state index in [9.17, 15) is 4.79 Å². The lowest BCUT2D eigenvalue weighted by Gasteiger charge is -2.35. The van der Waals surface area contributed by atoms with Crippen LogP contribution in [0.2, 0.25) is 0 Å². The van der Waals surface area contributed by atoms with E-state index < -0.39 is 0 Å². The molecule has 1 N–H and O–H groups in total. The first kappa shape index (κ1) is 20.7. The minimum absolute atomic E-state index is 0.281. The molecule has 7 nitrogen and oxygen atoms in total. The second-order valence-electron chi connectivity index (χ2n) is 8.76. The molecule has 160 valence electrons. The molecule has 30 heavy (non-hydrogen) atoms. The Labute approximate surface area is 178 Å². The normalized spacial score (nSPS) is 20.9. The van der Waals surface area contributed by atoms with E-state index in [1.807, 2.05) is 13.0 Å². The number of hydrogen-bond acceptors (Lipinski definition) is 6. The van der Waals surface area contributed by atoms with E-state index in [2.05, 4.69) is 38.1 Å². The number of piperidine rings is 2. The van der Waals surface area contributed by atoms with E-state index in [4.69, 9.17) is 4.98 Å². The molecule has 0 unspecified atom stereocenters. The van der Waals surface area contributed by atoms with Crippen LogP contribution in [0.3, 0.4) is 0 Å². The molecule has 0 radical (unpaired) electrons. The Bertz CT molecular complexity index is 850. The van der Waals surface area contributed by atoms with Crippen LogP contribution in [0, 0.1) is 12.8 Å². The number of carbonyl (C=O) groups is 1. The number of carbonyl (C=O) groups excluding carboxylic acids is 1. The first-order valence-electron chi connectivity index (χ1n) is 11.1. The Morgan fingerprint density at radius 3 is 2.67 bits per heavy atom. The van der Waals surface area contributed by atoms with Crippen LogP contribution < -0.4 is 5.32 Å². The molecule has 2 fully saturated rings. The first-order valence-corrected chi connectivity index (χ1v) is 11.1. The van der Waals surface area contributed by atoms with E-state index in [1.54, 1.807) is 18.5 Å². The molecule has 1 amide bonds. The molecule has 0 aliphatic carbocycles. The molecule has 7 heteroatoms. The Kier molecular flexibility index (Phi) is 6.57. The van der Waals surface area contributed by atoms with Gasteiger partial charge in [-0.25, -0.2) is 9.97 Å². The van der Waals surface area contributed by atoms with E-state index >= 15 is 0 Å². The zero-order valence-electron chi connectivity index (χ0n) is 18.0. The highest BCUT2D eigenvalue weighted by molar-refractivity contribution is 5.78. The molecular formula is C23H32N6O. The Morgan fingerprint density at radius 2 is 1.90 bits per heavy atom. The Balaban J connectivity index is 1.39. The second-order valence-corrected chi connectivity index (χ2v) is 8.76. The minimum Gasteiger partial charge on any atom is -0.342 e. The summed E-state index contributed by atoms with van der Waals surface area (Å²) in [5, 5.41) is 3.28. The number of hydrogen-bond donors (Lipinski definition) is 1. The molecular weight excluding hydrogens is 376 g/mol. The maximum Gasteiger partial charge on any atom is 0.236 e. The van der Waals surface area contributed by atoms with Crippen LogP contribution in [-0.2, 0) is 4.79 Å². The van der Waals surface area contributed by atoms with Gasteiger partial charge in [0.2, 0.25) is 11.9 Å². The van der Waals surface area contributed by atoms with Gasteiger partial charge in [0.05, 0.1) is 6.54 Å². The van der Waals surface area contributed by atoms with Gasteiger partial charge in [0, 0.05) is 55.0 Å². The molecule has 4 heterocycles. The number of likely N-dealkylation sites (tertiary alicyclic amines) is 2. The molecule has 0 bridgehead atoms. The molecule has 0 saturated carbocycles. The van der Waals surface area contributed by atoms with Gasteiger partial charge in [-0.3, -0.25) is 14.7 Å². The number of aromatic nitrogens is 3. The summed E-state index contributed by atoms with van der Waals surface area (Å²) >= 11 is 0. The summed E-state index contributed by atoms with van der Waals surface area (Å²) in [6.45, 7) is 8.51. The highest BCUT2D eigenvalue weighted by atomic mass is 16.2. The summed E-state index contributed by atoms with van der Waals surface area (Å²) in [6.07, 6.45) is 7.90. The number of nitrogens with zero attached hydrogens (tertiary/aromatic N) is 5. The highest BCUT2D eigenvalue weighted by Crippen LogP contribution is 2.28. The van der Waals surface area contributed by atoms with E-state index in [-0.39, 0.29) is 5.91 Å². The SMILES string of the molecule is Cc1cc(Nc2ncccn2)cc([C@@H]2CCCN(CC(=O)N3CCC(C)CC3)C2)n1. The lowest BCUT2D eigenvalue weighted by Crippen LogP contribution is -2.46. The van der Waals surface area contributed by atoms with Crippen LogP contribution in [-0.4, -0.2) is 63.4 Å². The maximum atomic E-state index is 12.8. The predicted octanol–water partition coefficient (Wildman–Crippen LogP) is 3.36. The van der Waals surface area contributed by atoms with Gasteiger partial charge >= 0.3 is 0 Å². The zero-order valence-corrected chi connectivity index (χ0v) is 18.0. The summed E-state index contributed by atoms with van der Waals surface area (Å²) in [7, 11) is 0. The summed E-state index contributed by atoms with van der Waals surface area (Å²) in [5.41, 5.74) is 3.01. The van der Waals surface area contributed by atoms with Crippen LogP contribution >= 0.6 is 0 Å². The molecule has 0 aromatic carbocycles. The number of rotatable bonds is 5. The van der Waals surface area contributed by atoms with Crippen molar-refractivity contribution in [2.75, 3.05) is 38.0 Å². The average Bonchev–Trinajstić information content (AvgIpc) is 2.75. The summed E-state index contributed by atoms with van der Waals surface area (Å²) in [4.78, 5) is 30.4. The third-order valence-electron chi connectivity index (χ3n) is 6.21. The van der Waals surface area contributed by atoms with Gasteiger partial charge < -0.3 is 10.2 Å². The van der Waals surface area contributed by atoms with Gasteiger partial charge in [-0.15, -0.1) is 0 Å². The number of amides is 1. The van der Waals surface area contributed by atoms with Crippen molar-refractivity contribution in [3.63, 3.8) is 0 Å². The van der Waals surface area contributed by atoms with Crippen LogP contribution in [0.25, 0.3) is 0 Å². The monoisotopic (exact) mass is 408 g/mol. The molecule has 0 spiro atoms. The fraction of sp³-hybridized carbons (Fsp3) is 0.565. The smallest absolute Gasteiger partial charge is 0.236 e. The van der Waals surface area contributed by atoms with E-state index in [0.717, 1.165) is 74.9 Å². The molecule has 2 aromatic heterocycles. The predicted molar refractivity (Wildman–Crippen MR) is 118 cm³/mol. The van der Waals surface area contributed by atoms with Crippen molar-refractivity contribution in [3.05, 3.63) is 42.0 Å². The van der Waals surface area contributed by atoms with Crippen molar-refractivity contribution in [1.82, 2.24) is 24.8 Å². The lowest BCUT2D eigenvalue weighted by molar-refractivity contribution is -0.134. The van der Waals surface area contributed by atoms with Gasteiger partial charge in [0.15, 0.2) is 0 Å². The molecule has 1 atom stereocenters. The number of anilines is 2. The fourth-order valence-corrected chi connectivity index (χ4v) is 4.46. The number of pyridine rings is 1. The Morgan fingerprint density at radius 1 is 1.13 bits per heavy atom. The summed E-state index contributed by atoms with van der Waals surface area (Å²) in [6, 6.07) is 5.92. The second kappa shape index (κ2) is 9.51. The van der Waals surface area contributed by atoms with Gasteiger partial charge in [0.1, 0.15) is 0 Å². The topological polar surface area (TPSA) is 74.2 Å². The lowest BCUT2D eigenvalue weighted by atomic mass is 9.93. The Hall–Kier alpha value is -2.54. The standard InChI is InChI=1S/C23H32N6O/c1-17-6-11-29(12-7-17)22(30)16-28-10-3-5-19(15-28)21-14-20(13-18(2)26-21)27-23-24-8-4-9-25-23/h4,8-9,13-14,17,19H,3,5-7,10-12,15-16H2,1-2H3,(H,24,25,26,27)/t19-/m1/s1. The van der Waals surface area contributed by atoms with Crippen LogP contribution in [0.1, 0.15) is 49.9 Å². The van der Waals surface area contributed by atoms with Crippen LogP contribution in [0.5, 0.6) is 0 Å². The first-order chi connectivity index (χ1) is 14.6. The summed E-state index contributed by atoms with van der Waals surface area (Å²) < 4.78 is 0. The minimum atomic E-state index is 0.281. The quantitative estimate of drug-likeness (QED) is 0.818. The zero-order chi connectivity index (χ0) is 20.9. The summed E-state index contributed by atoms with van der Waals surface area (Å²) in [5.74, 6) is 1.94. The molecule has 4 rings (SSSR count). The van der Waals surface area contributed by atoms with Crippen molar-refractivity contribution in [1.29, 1.82) is 0 Å². The van der Waals surface area contributed by atoms with Gasteiger partial charge in [-0.2, -0.15) is 0 Å². The van der Waals surface area contributed by atoms with Crippen molar-refractivity contribution in [2.24, 2.45) is 5.92 Å². The van der Waals surface area contributed by atoms with Gasteiger partial charge in [-0.05, 0) is 63.3 Å².